The predicted octanol–water partition coefficient (Wildman–Crippen LogP) is 3.76. The molecule has 0 unspecified atom stereocenters. The topological polar surface area (TPSA) is 45.2 Å². The Bertz CT molecular complexity index is 605. The fraction of sp³-hybridized carbons (Fsp3) is 0.286. The van der Waals surface area contributed by atoms with E-state index in [1.165, 1.54) is 24.2 Å². The van der Waals surface area contributed by atoms with Gasteiger partial charge in [-0.15, -0.1) is 11.3 Å². The van der Waals surface area contributed by atoms with E-state index >= 15 is 0 Å². The fourth-order valence-electron chi connectivity index (χ4n) is 2.24. The van der Waals surface area contributed by atoms with Gasteiger partial charge in [0.1, 0.15) is 10.7 Å². The summed E-state index contributed by atoms with van der Waals surface area (Å²) in [5.41, 5.74) is 0.721. The third-order valence-corrected chi connectivity index (χ3v) is 5.10. The number of amides is 1. The van der Waals surface area contributed by atoms with Crippen molar-refractivity contribution in [2.24, 2.45) is 0 Å². The Morgan fingerprint density at radius 1 is 1.30 bits per heavy atom. The van der Waals surface area contributed by atoms with Crippen LogP contribution in [0.3, 0.4) is 0 Å². The molecule has 1 fully saturated rings. The molecule has 1 amide bonds. The van der Waals surface area contributed by atoms with Crippen LogP contribution >= 0.6 is 27.3 Å². The van der Waals surface area contributed by atoms with Crippen molar-refractivity contribution in [3.8, 4) is 0 Å². The van der Waals surface area contributed by atoms with Crippen LogP contribution in [-0.4, -0.2) is 24.0 Å². The minimum atomic E-state index is -0.109. The third-order valence-electron chi connectivity index (χ3n) is 3.26. The van der Waals surface area contributed by atoms with Gasteiger partial charge < -0.3 is 10.2 Å². The van der Waals surface area contributed by atoms with Crippen molar-refractivity contribution < 1.29 is 4.79 Å². The highest BCUT2D eigenvalue weighted by Crippen LogP contribution is 2.24. The summed E-state index contributed by atoms with van der Waals surface area (Å²) in [5, 5.41) is 4.75. The van der Waals surface area contributed by atoms with E-state index in [2.05, 4.69) is 31.1 Å². The van der Waals surface area contributed by atoms with Gasteiger partial charge in [0, 0.05) is 17.6 Å². The van der Waals surface area contributed by atoms with Gasteiger partial charge in [-0.2, -0.15) is 0 Å². The largest absolute Gasteiger partial charge is 0.357 e. The van der Waals surface area contributed by atoms with E-state index in [0.29, 0.717) is 4.88 Å². The number of nitrogens with zero attached hydrogens (tertiary/aromatic N) is 2. The van der Waals surface area contributed by atoms with Crippen molar-refractivity contribution in [1.29, 1.82) is 0 Å². The minimum absolute atomic E-state index is 0.109. The molecule has 3 rings (SSSR count). The predicted molar refractivity (Wildman–Crippen MR) is 85.7 cm³/mol. The molecule has 3 heterocycles. The summed E-state index contributed by atoms with van der Waals surface area (Å²) in [7, 11) is 0. The molecule has 0 aliphatic carbocycles. The summed E-state index contributed by atoms with van der Waals surface area (Å²) in [6, 6.07) is 5.73. The standard InChI is InChI=1S/C14H14BrN3OS/c15-11-5-8-20-13(11)14(19)17-10-3-4-12(16-9-10)18-6-1-2-7-18/h3-5,8-9H,1-2,6-7H2,(H,17,19). The molecule has 1 aliphatic heterocycles. The molecule has 104 valence electrons. The van der Waals surface area contributed by atoms with Crippen molar-refractivity contribution in [3.05, 3.63) is 39.1 Å². The van der Waals surface area contributed by atoms with Crippen molar-refractivity contribution >= 4 is 44.7 Å². The van der Waals surface area contributed by atoms with Crippen LogP contribution in [0.4, 0.5) is 11.5 Å². The van der Waals surface area contributed by atoms with Crippen LogP contribution < -0.4 is 10.2 Å². The lowest BCUT2D eigenvalue weighted by Crippen LogP contribution is -2.19. The zero-order valence-electron chi connectivity index (χ0n) is 10.8. The van der Waals surface area contributed by atoms with Gasteiger partial charge >= 0.3 is 0 Å². The Hall–Kier alpha value is -1.40. The molecule has 2 aromatic heterocycles. The van der Waals surface area contributed by atoms with E-state index in [1.807, 2.05) is 23.6 Å². The van der Waals surface area contributed by atoms with Crippen LogP contribution in [-0.2, 0) is 0 Å². The summed E-state index contributed by atoms with van der Waals surface area (Å²) in [6.45, 7) is 2.14. The normalized spacial score (nSPS) is 14.6. The molecule has 0 bridgehead atoms. The number of carbonyl (C=O) groups excluding carboxylic acids is 1. The first-order valence-corrected chi connectivity index (χ1v) is 8.16. The summed E-state index contributed by atoms with van der Waals surface area (Å²) < 4.78 is 0.821. The molecule has 1 saturated heterocycles. The third kappa shape index (κ3) is 2.86. The molecule has 0 spiro atoms. The van der Waals surface area contributed by atoms with Gasteiger partial charge in [0.25, 0.3) is 5.91 Å². The number of anilines is 2. The number of rotatable bonds is 3. The molecule has 0 aromatic carbocycles. The first-order valence-electron chi connectivity index (χ1n) is 6.49. The first kappa shape index (κ1) is 13.6. The summed E-state index contributed by atoms with van der Waals surface area (Å²) in [4.78, 5) is 19.4. The number of aromatic nitrogens is 1. The van der Waals surface area contributed by atoms with E-state index in [0.717, 1.165) is 29.1 Å². The Balaban J connectivity index is 1.69. The SMILES string of the molecule is O=C(Nc1ccc(N2CCCC2)nc1)c1sccc1Br. The molecule has 1 aliphatic rings. The van der Waals surface area contributed by atoms with Gasteiger partial charge in [-0.1, -0.05) is 0 Å². The molecule has 0 atom stereocenters. The van der Waals surface area contributed by atoms with Crippen LogP contribution in [0, 0.1) is 0 Å². The van der Waals surface area contributed by atoms with Gasteiger partial charge in [0.05, 0.1) is 11.9 Å². The number of thiophene rings is 1. The summed E-state index contributed by atoms with van der Waals surface area (Å²) >= 11 is 4.78. The van der Waals surface area contributed by atoms with Crippen LogP contribution in [0.25, 0.3) is 0 Å². The lowest BCUT2D eigenvalue weighted by Gasteiger charge is -2.16. The van der Waals surface area contributed by atoms with Crippen molar-refractivity contribution in [1.82, 2.24) is 4.98 Å². The lowest BCUT2D eigenvalue weighted by molar-refractivity contribution is 0.103. The highest BCUT2D eigenvalue weighted by molar-refractivity contribution is 9.10. The van der Waals surface area contributed by atoms with Crippen molar-refractivity contribution in [2.75, 3.05) is 23.3 Å². The molecular formula is C14H14BrN3OS. The molecule has 6 heteroatoms. The van der Waals surface area contributed by atoms with E-state index in [4.69, 9.17) is 0 Å². The van der Waals surface area contributed by atoms with E-state index in [-0.39, 0.29) is 5.91 Å². The Labute approximate surface area is 130 Å². The number of carbonyl (C=O) groups is 1. The van der Waals surface area contributed by atoms with Gasteiger partial charge in [-0.05, 0) is 52.4 Å². The maximum atomic E-state index is 12.1. The maximum Gasteiger partial charge on any atom is 0.266 e. The number of pyridine rings is 1. The second-order valence-corrected chi connectivity index (χ2v) is 6.42. The summed E-state index contributed by atoms with van der Waals surface area (Å²) in [5.74, 6) is 0.875. The Morgan fingerprint density at radius 3 is 2.70 bits per heavy atom. The van der Waals surface area contributed by atoms with Gasteiger partial charge in [-0.3, -0.25) is 4.79 Å². The zero-order valence-corrected chi connectivity index (χ0v) is 13.2. The van der Waals surface area contributed by atoms with Gasteiger partial charge in [-0.25, -0.2) is 4.98 Å². The number of hydrogen-bond acceptors (Lipinski definition) is 4. The molecule has 20 heavy (non-hydrogen) atoms. The average Bonchev–Trinajstić information content (AvgIpc) is 3.10. The van der Waals surface area contributed by atoms with Crippen LogP contribution in [0.15, 0.2) is 34.2 Å². The van der Waals surface area contributed by atoms with Crippen LogP contribution in [0.5, 0.6) is 0 Å². The highest BCUT2D eigenvalue weighted by atomic mass is 79.9. The zero-order chi connectivity index (χ0) is 13.9. The van der Waals surface area contributed by atoms with Gasteiger partial charge in [0.15, 0.2) is 0 Å². The van der Waals surface area contributed by atoms with Crippen LogP contribution in [0.2, 0.25) is 0 Å². The molecule has 0 saturated carbocycles. The monoisotopic (exact) mass is 351 g/mol. The van der Waals surface area contributed by atoms with E-state index < -0.39 is 0 Å². The second-order valence-electron chi connectivity index (χ2n) is 4.65. The highest BCUT2D eigenvalue weighted by Gasteiger charge is 2.14. The maximum absolute atomic E-state index is 12.1. The Kier molecular flexibility index (Phi) is 4.03. The van der Waals surface area contributed by atoms with Crippen LogP contribution in [0.1, 0.15) is 22.5 Å². The van der Waals surface area contributed by atoms with Gasteiger partial charge in [0.2, 0.25) is 0 Å². The number of nitrogens with one attached hydrogen (secondary N) is 1. The minimum Gasteiger partial charge on any atom is -0.357 e. The second kappa shape index (κ2) is 5.93. The number of hydrogen-bond donors (Lipinski definition) is 1. The van der Waals surface area contributed by atoms with Crippen molar-refractivity contribution in [2.45, 2.75) is 12.8 Å². The molecule has 0 radical (unpaired) electrons. The van der Waals surface area contributed by atoms with E-state index in [9.17, 15) is 4.79 Å². The molecule has 1 N–H and O–H groups in total. The number of halogens is 1. The smallest absolute Gasteiger partial charge is 0.266 e. The molecular weight excluding hydrogens is 338 g/mol. The first-order chi connectivity index (χ1) is 9.74. The molecule has 4 nitrogen and oxygen atoms in total. The van der Waals surface area contributed by atoms with E-state index in [1.54, 1.807) is 6.20 Å². The Morgan fingerprint density at radius 2 is 2.10 bits per heavy atom. The molecule has 2 aromatic rings. The summed E-state index contributed by atoms with van der Waals surface area (Å²) in [6.07, 6.45) is 4.17. The average molecular weight is 352 g/mol. The quantitative estimate of drug-likeness (QED) is 0.915. The van der Waals surface area contributed by atoms with Crippen molar-refractivity contribution in [3.63, 3.8) is 0 Å². The fourth-order valence-corrected chi connectivity index (χ4v) is 3.68. The lowest BCUT2D eigenvalue weighted by atomic mass is 10.3.